The Morgan fingerprint density at radius 3 is 2.62 bits per heavy atom. The highest BCUT2D eigenvalue weighted by atomic mass is 35.5. The second kappa shape index (κ2) is 6.10. The molecule has 1 aromatic heterocycles. The predicted octanol–water partition coefficient (Wildman–Crippen LogP) is 2.64. The normalized spacial score (nSPS) is 13.0. The van der Waals surface area contributed by atoms with Gasteiger partial charge in [-0.3, -0.25) is 4.79 Å². The third kappa shape index (κ3) is 3.59. The van der Waals surface area contributed by atoms with Crippen molar-refractivity contribution < 1.29 is 22.7 Å². The van der Waals surface area contributed by atoms with E-state index in [1.165, 1.54) is 6.07 Å². The number of aliphatic carboxylic acids is 1. The van der Waals surface area contributed by atoms with Crippen molar-refractivity contribution in [2.45, 2.75) is 10.9 Å². The van der Waals surface area contributed by atoms with Gasteiger partial charge in [0.05, 0.1) is 9.92 Å². The number of sulfonamides is 1. The van der Waals surface area contributed by atoms with E-state index in [9.17, 15) is 17.6 Å². The average molecular weight is 350 g/mol. The van der Waals surface area contributed by atoms with Crippen LogP contribution in [0, 0.1) is 5.82 Å². The zero-order chi connectivity index (χ0) is 15.6. The molecule has 5 nitrogen and oxygen atoms in total. The van der Waals surface area contributed by atoms with Gasteiger partial charge in [0, 0.05) is 4.88 Å². The summed E-state index contributed by atoms with van der Waals surface area (Å²) >= 11 is 6.64. The Kier molecular flexibility index (Phi) is 4.62. The number of carboxylic acid groups (broad SMARTS) is 1. The van der Waals surface area contributed by atoms with Gasteiger partial charge in [-0.15, -0.1) is 11.3 Å². The van der Waals surface area contributed by atoms with Crippen molar-refractivity contribution in [2.75, 3.05) is 0 Å². The highest BCUT2D eigenvalue weighted by Crippen LogP contribution is 2.24. The monoisotopic (exact) mass is 349 g/mol. The topological polar surface area (TPSA) is 83.5 Å². The van der Waals surface area contributed by atoms with Crippen LogP contribution in [0.4, 0.5) is 4.39 Å². The molecule has 21 heavy (non-hydrogen) atoms. The first kappa shape index (κ1) is 15.9. The van der Waals surface area contributed by atoms with Crippen LogP contribution in [0.2, 0.25) is 5.02 Å². The molecule has 0 fully saturated rings. The van der Waals surface area contributed by atoms with E-state index < -0.39 is 27.9 Å². The molecule has 0 saturated carbocycles. The van der Waals surface area contributed by atoms with E-state index in [4.69, 9.17) is 16.7 Å². The number of carboxylic acids is 1. The van der Waals surface area contributed by atoms with Gasteiger partial charge in [-0.25, -0.2) is 12.8 Å². The maximum absolute atomic E-state index is 13.1. The van der Waals surface area contributed by atoms with Gasteiger partial charge < -0.3 is 5.11 Å². The van der Waals surface area contributed by atoms with Crippen LogP contribution in [0.5, 0.6) is 0 Å². The number of thiophene rings is 1. The maximum Gasteiger partial charge on any atom is 0.327 e. The van der Waals surface area contributed by atoms with Crippen molar-refractivity contribution in [3.8, 4) is 0 Å². The van der Waals surface area contributed by atoms with Crippen LogP contribution in [0.3, 0.4) is 0 Å². The van der Waals surface area contributed by atoms with Gasteiger partial charge >= 0.3 is 5.97 Å². The Bertz CT molecular complexity index is 762. The van der Waals surface area contributed by atoms with Crippen LogP contribution >= 0.6 is 22.9 Å². The molecule has 1 atom stereocenters. The van der Waals surface area contributed by atoms with Crippen molar-refractivity contribution in [3.63, 3.8) is 0 Å². The molecule has 2 N–H and O–H groups in total. The lowest BCUT2D eigenvalue weighted by Gasteiger charge is -2.13. The highest BCUT2D eigenvalue weighted by molar-refractivity contribution is 7.89. The largest absolute Gasteiger partial charge is 0.480 e. The van der Waals surface area contributed by atoms with Crippen molar-refractivity contribution >= 4 is 38.9 Å². The average Bonchev–Trinajstić information content (AvgIpc) is 2.92. The first-order valence-electron chi connectivity index (χ1n) is 5.55. The Hall–Kier alpha value is -1.48. The quantitative estimate of drug-likeness (QED) is 0.869. The van der Waals surface area contributed by atoms with E-state index in [1.54, 1.807) is 11.4 Å². The number of hydrogen-bond acceptors (Lipinski definition) is 4. The number of carbonyl (C=O) groups is 1. The molecule has 0 aliphatic rings. The molecule has 0 aliphatic heterocycles. The summed E-state index contributed by atoms with van der Waals surface area (Å²) in [5, 5.41) is 10.4. The molecule has 2 rings (SSSR count). The first-order chi connectivity index (χ1) is 9.81. The van der Waals surface area contributed by atoms with E-state index in [1.807, 2.05) is 0 Å². The lowest BCUT2D eigenvalue weighted by atomic mass is 10.3. The summed E-state index contributed by atoms with van der Waals surface area (Å²) in [6, 6.07) is 4.53. The number of benzene rings is 1. The minimum Gasteiger partial charge on any atom is -0.480 e. The molecular weight excluding hydrogens is 341 g/mol. The second-order valence-corrected chi connectivity index (χ2v) is 7.08. The van der Waals surface area contributed by atoms with E-state index in [-0.39, 0.29) is 9.92 Å². The zero-order valence-corrected chi connectivity index (χ0v) is 12.7. The number of hydrogen-bond donors (Lipinski definition) is 2. The lowest BCUT2D eigenvalue weighted by Crippen LogP contribution is -2.33. The van der Waals surface area contributed by atoms with Crippen LogP contribution in [0.1, 0.15) is 10.9 Å². The third-order valence-electron chi connectivity index (χ3n) is 2.55. The van der Waals surface area contributed by atoms with Crippen molar-refractivity contribution in [2.24, 2.45) is 0 Å². The third-order valence-corrected chi connectivity index (χ3v) is 5.20. The summed E-state index contributed by atoms with van der Waals surface area (Å²) < 4.78 is 39.4. The smallest absolute Gasteiger partial charge is 0.327 e. The Morgan fingerprint density at radius 2 is 2.10 bits per heavy atom. The van der Waals surface area contributed by atoms with Gasteiger partial charge in [-0.2, -0.15) is 4.72 Å². The molecule has 0 saturated heterocycles. The molecule has 0 amide bonds. The van der Waals surface area contributed by atoms with Gasteiger partial charge in [0.1, 0.15) is 5.82 Å². The molecule has 1 unspecified atom stereocenters. The number of rotatable bonds is 5. The molecule has 0 aliphatic carbocycles. The van der Waals surface area contributed by atoms with Crippen molar-refractivity contribution in [3.05, 3.63) is 51.4 Å². The van der Waals surface area contributed by atoms with Crippen LogP contribution in [0.25, 0.3) is 0 Å². The highest BCUT2D eigenvalue weighted by Gasteiger charge is 2.28. The van der Waals surface area contributed by atoms with Crippen LogP contribution < -0.4 is 4.72 Å². The van der Waals surface area contributed by atoms with Gasteiger partial charge in [0.25, 0.3) is 0 Å². The Morgan fingerprint density at radius 1 is 1.38 bits per heavy atom. The fourth-order valence-electron chi connectivity index (χ4n) is 1.55. The first-order valence-corrected chi connectivity index (χ1v) is 8.29. The van der Waals surface area contributed by atoms with Crippen molar-refractivity contribution in [1.29, 1.82) is 0 Å². The summed E-state index contributed by atoms with van der Waals surface area (Å²) in [6.07, 6.45) is 0. The van der Waals surface area contributed by atoms with E-state index in [2.05, 4.69) is 4.72 Å². The summed E-state index contributed by atoms with van der Waals surface area (Å²) in [7, 11) is -4.15. The van der Waals surface area contributed by atoms with Gasteiger partial charge in [-0.1, -0.05) is 17.7 Å². The molecule has 2 aromatic rings. The van der Waals surface area contributed by atoms with Crippen LogP contribution in [-0.2, 0) is 14.8 Å². The Labute approximate surface area is 129 Å². The molecule has 0 spiro atoms. The zero-order valence-electron chi connectivity index (χ0n) is 10.3. The summed E-state index contributed by atoms with van der Waals surface area (Å²) in [5.41, 5.74) is 0. The predicted molar refractivity (Wildman–Crippen MR) is 76.4 cm³/mol. The fourth-order valence-corrected chi connectivity index (χ4v) is 3.83. The molecule has 112 valence electrons. The van der Waals surface area contributed by atoms with Gasteiger partial charge in [0.15, 0.2) is 6.04 Å². The van der Waals surface area contributed by atoms with Gasteiger partial charge in [0.2, 0.25) is 10.0 Å². The number of nitrogens with one attached hydrogen (secondary N) is 1. The molecule has 0 radical (unpaired) electrons. The molecule has 0 bridgehead atoms. The SMILES string of the molecule is O=C(O)C(NS(=O)(=O)c1ccc(F)c(Cl)c1)c1cccs1. The molecule has 1 aromatic carbocycles. The summed E-state index contributed by atoms with van der Waals surface area (Å²) in [6.45, 7) is 0. The van der Waals surface area contributed by atoms with E-state index in [0.29, 0.717) is 4.88 Å². The number of halogens is 2. The fraction of sp³-hybridized carbons (Fsp3) is 0.0833. The molecule has 9 heteroatoms. The molecule has 1 heterocycles. The lowest BCUT2D eigenvalue weighted by molar-refractivity contribution is -0.139. The molecular formula is C12H9ClFNO4S2. The Balaban J connectivity index is 2.35. The van der Waals surface area contributed by atoms with E-state index >= 15 is 0 Å². The standard InChI is InChI=1S/C12H9ClFNO4S2/c13-8-6-7(3-4-9(8)14)21(18,19)15-11(12(16)17)10-2-1-5-20-10/h1-6,11,15H,(H,16,17). The van der Waals surface area contributed by atoms with Crippen LogP contribution in [0.15, 0.2) is 40.6 Å². The van der Waals surface area contributed by atoms with Gasteiger partial charge in [-0.05, 0) is 29.6 Å². The van der Waals surface area contributed by atoms with E-state index in [0.717, 1.165) is 29.5 Å². The second-order valence-electron chi connectivity index (χ2n) is 3.98. The van der Waals surface area contributed by atoms with Crippen molar-refractivity contribution in [1.82, 2.24) is 4.72 Å². The maximum atomic E-state index is 13.1. The van der Waals surface area contributed by atoms with Crippen LogP contribution in [-0.4, -0.2) is 19.5 Å². The minimum atomic E-state index is -4.15. The summed E-state index contributed by atoms with van der Waals surface area (Å²) in [4.78, 5) is 11.2. The summed E-state index contributed by atoms with van der Waals surface area (Å²) in [5.74, 6) is -2.10. The minimum absolute atomic E-state index is 0.309.